The summed E-state index contributed by atoms with van der Waals surface area (Å²) in [4.78, 5) is 0. The lowest BCUT2D eigenvalue weighted by Gasteiger charge is -2.05. The highest BCUT2D eigenvalue weighted by Crippen LogP contribution is 2.11. The molecule has 0 saturated carbocycles. The van der Waals surface area contributed by atoms with E-state index >= 15 is 0 Å². The van der Waals surface area contributed by atoms with Gasteiger partial charge in [-0.15, -0.1) is 0 Å². The van der Waals surface area contributed by atoms with Gasteiger partial charge in [0, 0.05) is 12.7 Å². The van der Waals surface area contributed by atoms with Crippen LogP contribution >= 0.6 is 0 Å². The molecule has 0 aliphatic heterocycles. The van der Waals surface area contributed by atoms with Gasteiger partial charge in [0.1, 0.15) is 0 Å². The molecule has 2 aromatic rings. The van der Waals surface area contributed by atoms with Crippen molar-refractivity contribution in [1.29, 1.82) is 0 Å². The van der Waals surface area contributed by atoms with E-state index in [9.17, 15) is 0 Å². The van der Waals surface area contributed by atoms with Gasteiger partial charge in [0.15, 0.2) is 0 Å². The van der Waals surface area contributed by atoms with Crippen LogP contribution in [-0.2, 0) is 13.1 Å². The van der Waals surface area contributed by atoms with Gasteiger partial charge in [-0.2, -0.15) is 5.10 Å². The van der Waals surface area contributed by atoms with E-state index in [2.05, 4.69) is 48.5 Å². The molecule has 0 saturated heterocycles. The first-order chi connectivity index (χ1) is 8.19. The van der Waals surface area contributed by atoms with E-state index in [4.69, 9.17) is 0 Å². The van der Waals surface area contributed by atoms with Crippen LogP contribution in [0, 0.1) is 13.8 Å². The number of rotatable bonds is 4. The summed E-state index contributed by atoms with van der Waals surface area (Å²) in [7, 11) is 1.93. The van der Waals surface area contributed by atoms with Gasteiger partial charge < -0.3 is 5.32 Å². The molecule has 0 spiro atoms. The Bertz CT molecular complexity index is 500. The van der Waals surface area contributed by atoms with Gasteiger partial charge in [-0.05, 0) is 43.7 Å². The number of aryl methyl sites for hydroxylation is 2. The lowest BCUT2D eigenvalue weighted by molar-refractivity contribution is 0.658. The molecule has 90 valence electrons. The first-order valence-corrected chi connectivity index (χ1v) is 5.92. The molecule has 0 bridgehead atoms. The van der Waals surface area contributed by atoms with Crippen LogP contribution in [0.5, 0.6) is 0 Å². The number of aromatic nitrogens is 2. The Hall–Kier alpha value is -1.61. The summed E-state index contributed by atoms with van der Waals surface area (Å²) in [6.45, 7) is 5.94. The molecule has 1 aromatic carbocycles. The number of benzene rings is 1. The molecule has 3 heteroatoms. The van der Waals surface area contributed by atoms with Crippen LogP contribution < -0.4 is 5.32 Å². The third kappa shape index (κ3) is 2.94. The molecule has 0 fully saturated rings. The molecule has 0 atom stereocenters. The minimum atomic E-state index is 0.819. The fourth-order valence-corrected chi connectivity index (χ4v) is 1.86. The van der Waals surface area contributed by atoms with Gasteiger partial charge in [-0.3, -0.25) is 4.68 Å². The third-order valence-corrected chi connectivity index (χ3v) is 2.97. The predicted molar refractivity (Wildman–Crippen MR) is 70.0 cm³/mol. The maximum atomic E-state index is 4.50. The van der Waals surface area contributed by atoms with Gasteiger partial charge in [-0.1, -0.05) is 18.2 Å². The van der Waals surface area contributed by atoms with Gasteiger partial charge >= 0.3 is 0 Å². The number of hydrogen-bond acceptors (Lipinski definition) is 2. The summed E-state index contributed by atoms with van der Waals surface area (Å²) in [5, 5.41) is 7.60. The Kier molecular flexibility index (Phi) is 3.59. The molecule has 0 aliphatic carbocycles. The fraction of sp³-hybridized carbons (Fsp3) is 0.357. The highest BCUT2D eigenvalue weighted by molar-refractivity contribution is 5.30. The second-order valence-corrected chi connectivity index (χ2v) is 4.45. The second-order valence-electron chi connectivity index (χ2n) is 4.45. The minimum absolute atomic E-state index is 0.819. The topological polar surface area (TPSA) is 29.9 Å². The second kappa shape index (κ2) is 5.15. The average molecular weight is 229 g/mol. The van der Waals surface area contributed by atoms with E-state index in [1.807, 2.05) is 17.9 Å². The Morgan fingerprint density at radius 3 is 2.71 bits per heavy atom. The predicted octanol–water partition coefficient (Wildman–Crippen LogP) is 2.27. The molecule has 0 amide bonds. The first-order valence-electron chi connectivity index (χ1n) is 5.92. The largest absolute Gasteiger partial charge is 0.314 e. The van der Waals surface area contributed by atoms with Crippen molar-refractivity contribution >= 4 is 0 Å². The zero-order valence-corrected chi connectivity index (χ0v) is 10.7. The first kappa shape index (κ1) is 11.9. The van der Waals surface area contributed by atoms with E-state index < -0.39 is 0 Å². The quantitative estimate of drug-likeness (QED) is 0.871. The zero-order chi connectivity index (χ0) is 12.3. The molecule has 1 aromatic heterocycles. The summed E-state index contributed by atoms with van der Waals surface area (Å²) in [5.41, 5.74) is 5.05. The summed E-state index contributed by atoms with van der Waals surface area (Å²) in [6, 6.07) is 8.62. The van der Waals surface area contributed by atoms with Crippen molar-refractivity contribution in [3.8, 4) is 0 Å². The lowest BCUT2D eigenvalue weighted by Crippen LogP contribution is -2.07. The molecule has 17 heavy (non-hydrogen) atoms. The van der Waals surface area contributed by atoms with Crippen molar-refractivity contribution < 1.29 is 0 Å². The van der Waals surface area contributed by atoms with Crippen LogP contribution in [0.3, 0.4) is 0 Å². The van der Waals surface area contributed by atoms with Crippen LogP contribution in [-0.4, -0.2) is 16.8 Å². The Morgan fingerprint density at radius 2 is 2.00 bits per heavy atom. The van der Waals surface area contributed by atoms with E-state index in [1.165, 1.54) is 16.7 Å². The SMILES string of the molecule is CNCc1ccn(Cc2ccc(C)c(C)c2)n1. The summed E-state index contributed by atoms with van der Waals surface area (Å²) < 4.78 is 1.98. The maximum absolute atomic E-state index is 4.50. The number of nitrogens with one attached hydrogen (secondary N) is 1. The maximum Gasteiger partial charge on any atom is 0.0762 e. The van der Waals surface area contributed by atoms with Crippen LogP contribution in [0.1, 0.15) is 22.4 Å². The average Bonchev–Trinajstić information content (AvgIpc) is 2.72. The Balaban J connectivity index is 2.11. The van der Waals surface area contributed by atoms with Crippen molar-refractivity contribution in [2.24, 2.45) is 0 Å². The monoisotopic (exact) mass is 229 g/mol. The van der Waals surface area contributed by atoms with E-state index in [0.29, 0.717) is 0 Å². The standard InChI is InChI=1S/C14H19N3/c1-11-4-5-13(8-12(11)2)10-17-7-6-14(16-17)9-15-3/h4-8,15H,9-10H2,1-3H3. The normalized spacial score (nSPS) is 10.8. The van der Waals surface area contributed by atoms with E-state index in [0.717, 1.165) is 18.8 Å². The molecule has 1 heterocycles. The molecule has 0 aliphatic rings. The van der Waals surface area contributed by atoms with Crippen molar-refractivity contribution in [2.75, 3.05) is 7.05 Å². The zero-order valence-electron chi connectivity index (χ0n) is 10.7. The van der Waals surface area contributed by atoms with Crippen molar-refractivity contribution in [3.63, 3.8) is 0 Å². The van der Waals surface area contributed by atoms with Crippen LogP contribution in [0.4, 0.5) is 0 Å². The van der Waals surface area contributed by atoms with Crippen LogP contribution in [0.15, 0.2) is 30.5 Å². The van der Waals surface area contributed by atoms with Crippen LogP contribution in [0.2, 0.25) is 0 Å². The van der Waals surface area contributed by atoms with Gasteiger partial charge in [0.25, 0.3) is 0 Å². The molecular weight excluding hydrogens is 210 g/mol. The minimum Gasteiger partial charge on any atom is -0.314 e. The summed E-state index contributed by atoms with van der Waals surface area (Å²) in [6.07, 6.45) is 2.03. The van der Waals surface area contributed by atoms with Gasteiger partial charge in [0.05, 0.1) is 12.2 Å². The summed E-state index contributed by atoms with van der Waals surface area (Å²) >= 11 is 0. The summed E-state index contributed by atoms with van der Waals surface area (Å²) in [5.74, 6) is 0. The Morgan fingerprint density at radius 1 is 1.18 bits per heavy atom. The lowest BCUT2D eigenvalue weighted by atomic mass is 10.1. The molecule has 0 unspecified atom stereocenters. The van der Waals surface area contributed by atoms with Gasteiger partial charge in [0.2, 0.25) is 0 Å². The van der Waals surface area contributed by atoms with Gasteiger partial charge in [-0.25, -0.2) is 0 Å². The molecule has 0 radical (unpaired) electrons. The smallest absolute Gasteiger partial charge is 0.0762 e. The Labute approximate surface area is 102 Å². The van der Waals surface area contributed by atoms with E-state index in [1.54, 1.807) is 0 Å². The highest BCUT2D eigenvalue weighted by Gasteiger charge is 2.00. The molecule has 1 N–H and O–H groups in total. The molecular formula is C14H19N3. The number of nitrogens with zero attached hydrogens (tertiary/aromatic N) is 2. The highest BCUT2D eigenvalue weighted by atomic mass is 15.3. The number of hydrogen-bond donors (Lipinski definition) is 1. The van der Waals surface area contributed by atoms with Crippen LogP contribution in [0.25, 0.3) is 0 Å². The van der Waals surface area contributed by atoms with E-state index in [-0.39, 0.29) is 0 Å². The van der Waals surface area contributed by atoms with Crippen molar-refractivity contribution in [2.45, 2.75) is 26.9 Å². The van der Waals surface area contributed by atoms with Crippen molar-refractivity contribution in [1.82, 2.24) is 15.1 Å². The third-order valence-electron chi connectivity index (χ3n) is 2.97. The molecule has 2 rings (SSSR count). The fourth-order valence-electron chi connectivity index (χ4n) is 1.86. The van der Waals surface area contributed by atoms with Crippen molar-refractivity contribution in [3.05, 3.63) is 52.8 Å². The molecule has 3 nitrogen and oxygen atoms in total.